The molecule has 0 radical (unpaired) electrons. The number of hydroxylamine groups is 2. The Kier molecular flexibility index (Phi) is 9.33. The average Bonchev–Trinajstić information content (AvgIpc) is 3.88. The van der Waals surface area contributed by atoms with Crippen LogP contribution in [0, 0.1) is 10.8 Å². The van der Waals surface area contributed by atoms with Crippen LogP contribution in [0.4, 0.5) is 0 Å². The van der Waals surface area contributed by atoms with Gasteiger partial charge in [0.05, 0.1) is 13.2 Å². The molecule has 0 aromatic heterocycles. The van der Waals surface area contributed by atoms with Gasteiger partial charge in [0, 0.05) is 50.3 Å². The summed E-state index contributed by atoms with van der Waals surface area (Å²) in [6.07, 6.45) is -0.121. The number of fused-ring (bicyclic) bond motifs is 5. The number of nitrogens with one attached hydrogen (secondary N) is 2. The van der Waals surface area contributed by atoms with E-state index in [-0.39, 0.29) is 51.6 Å². The maximum atomic E-state index is 14.4. The first-order valence-electron chi connectivity index (χ1n) is 18.3. The molecule has 2 aliphatic carbocycles. The molecule has 286 valence electrons. The smallest absolute Gasteiger partial charge is 0.348 e. The van der Waals surface area contributed by atoms with Crippen molar-refractivity contribution in [1.29, 1.82) is 0 Å². The molecule has 4 heterocycles. The fraction of sp³-hybridized carbons (Fsp3) is 0.513. The summed E-state index contributed by atoms with van der Waals surface area (Å²) in [6.45, 7) is 3.76. The first kappa shape index (κ1) is 36.3. The third kappa shape index (κ3) is 6.37. The highest BCUT2D eigenvalue weighted by Crippen LogP contribution is 2.58. The molecule has 2 amide bonds. The number of nitrogens with zero attached hydrogens (tertiary/aromatic N) is 1. The molecule has 54 heavy (non-hydrogen) atoms. The molecule has 15 heteroatoms. The van der Waals surface area contributed by atoms with Gasteiger partial charge in [-0.3, -0.25) is 19.2 Å². The van der Waals surface area contributed by atoms with Gasteiger partial charge in [0.15, 0.2) is 11.8 Å². The standard InChI is InChI=1S/C39H43N3O12/c1-37(2)21-49-35(47)33(37)51-28(45)12-11-22-7-9-23(10-8-22)20-42-31-34(46)50-26-19-39(31,36(48)41-14-13-27(44)40-15-16-43)32(54-42)30-29(26)52-38(53-30)17-24-5-3-4-6-25(24)18-38/h3-12,26,29-33,43H,13-21H2,1-2H3,(H,40,44)(H,41,48)/t26-,29+,30+,31+,32-,33+,39+/m1/s1. The minimum absolute atomic E-state index is 0.00667. The van der Waals surface area contributed by atoms with Crippen molar-refractivity contribution in [3.05, 3.63) is 76.9 Å². The van der Waals surface area contributed by atoms with Crippen molar-refractivity contribution in [3.8, 4) is 0 Å². The summed E-state index contributed by atoms with van der Waals surface area (Å²) in [6, 6.07) is 14.1. The van der Waals surface area contributed by atoms with Crippen molar-refractivity contribution in [2.24, 2.45) is 10.8 Å². The number of hydrogen-bond donors (Lipinski definition) is 3. The molecule has 5 fully saturated rings. The fourth-order valence-corrected chi connectivity index (χ4v) is 8.67. The maximum absolute atomic E-state index is 14.4. The van der Waals surface area contributed by atoms with Crippen LogP contribution in [0.3, 0.4) is 0 Å². The zero-order chi connectivity index (χ0) is 37.8. The van der Waals surface area contributed by atoms with Gasteiger partial charge in [0.25, 0.3) is 0 Å². The van der Waals surface area contributed by atoms with Gasteiger partial charge in [-0.25, -0.2) is 9.59 Å². The molecule has 4 aliphatic heterocycles. The number of amides is 2. The molecule has 2 aromatic carbocycles. The molecule has 3 N–H and O–H groups in total. The Morgan fingerprint density at radius 3 is 2.37 bits per heavy atom. The zero-order valence-electron chi connectivity index (χ0n) is 30.0. The largest absolute Gasteiger partial charge is 0.462 e. The van der Waals surface area contributed by atoms with E-state index >= 15 is 0 Å². The maximum Gasteiger partial charge on any atom is 0.348 e. The lowest BCUT2D eigenvalue weighted by Crippen LogP contribution is -2.69. The van der Waals surface area contributed by atoms with Gasteiger partial charge in [0.1, 0.15) is 36.4 Å². The van der Waals surface area contributed by atoms with Gasteiger partial charge in [-0.1, -0.05) is 62.4 Å². The van der Waals surface area contributed by atoms with Crippen LogP contribution < -0.4 is 10.6 Å². The normalized spacial score (nSPS) is 31.2. The van der Waals surface area contributed by atoms with E-state index in [0.717, 1.165) is 16.7 Å². The van der Waals surface area contributed by atoms with Crippen molar-refractivity contribution in [2.45, 2.75) is 88.4 Å². The molecule has 2 aromatic rings. The van der Waals surface area contributed by atoms with Crippen LogP contribution in [0.1, 0.15) is 48.9 Å². The molecule has 15 nitrogen and oxygen atoms in total. The second-order valence-electron chi connectivity index (χ2n) is 15.5. The van der Waals surface area contributed by atoms with E-state index in [0.29, 0.717) is 18.4 Å². The molecule has 2 bridgehead atoms. The summed E-state index contributed by atoms with van der Waals surface area (Å²) in [5, 5.41) is 16.0. The highest BCUT2D eigenvalue weighted by atomic mass is 16.8. The second kappa shape index (κ2) is 13.9. The Balaban J connectivity index is 1.01. The highest BCUT2D eigenvalue weighted by molar-refractivity contribution is 5.94. The predicted octanol–water partition coefficient (Wildman–Crippen LogP) is 0.888. The van der Waals surface area contributed by atoms with Gasteiger partial charge in [-0.2, -0.15) is 5.06 Å². The number of carbonyl (C=O) groups is 5. The van der Waals surface area contributed by atoms with E-state index in [1.54, 1.807) is 32.1 Å². The molecule has 8 rings (SSSR count). The quantitative estimate of drug-likeness (QED) is 0.167. The van der Waals surface area contributed by atoms with Crippen LogP contribution in [0.25, 0.3) is 6.08 Å². The number of aliphatic hydroxyl groups is 1. The average molecular weight is 746 g/mol. The first-order chi connectivity index (χ1) is 25.9. The molecule has 0 unspecified atom stereocenters. The number of ether oxygens (including phenoxy) is 5. The zero-order valence-corrected chi connectivity index (χ0v) is 30.0. The number of rotatable bonds is 11. The third-order valence-electron chi connectivity index (χ3n) is 11.3. The van der Waals surface area contributed by atoms with Crippen LogP contribution in [-0.2, 0) is 71.9 Å². The summed E-state index contributed by atoms with van der Waals surface area (Å²) < 4.78 is 29.9. The molecule has 7 atom stereocenters. The van der Waals surface area contributed by atoms with Crippen LogP contribution in [0.2, 0.25) is 0 Å². The van der Waals surface area contributed by atoms with Crippen LogP contribution in [0.5, 0.6) is 0 Å². The van der Waals surface area contributed by atoms with E-state index in [1.807, 2.05) is 36.4 Å². The van der Waals surface area contributed by atoms with Gasteiger partial charge < -0.3 is 39.4 Å². The lowest BCUT2D eigenvalue weighted by atomic mass is 9.62. The Labute approximate surface area is 311 Å². The number of cyclic esters (lactones) is 1. The Morgan fingerprint density at radius 2 is 1.69 bits per heavy atom. The van der Waals surface area contributed by atoms with Gasteiger partial charge >= 0.3 is 17.9 Å². The van der Waals surface area contributed by atoms with Crippen molar-refractivity contribution in [3.63, 3.8) is 0 Å². The van der Waals surface area contributed by atoms with Gasteiger partial charge in [0.2, 0.25) is 17.9 Å². The van der Waals surface area contributed by atoms with E-state index < -0.39 is 77.0 Å². The van der Waals surface area contributed by atoms with Gasteiger partial charge in [-0.05, 0) is 28.3 Å². The molecular formula is C39H43N3O12. The Morgan fingerprint density at radius 1 is 0.963 bits per heavy atom. The number of esters is 3. The Hall–Kier alpha value is -4.67. The fourth-order valence-electron chi connectivity index (χ4n) is 8.67. The predicted molar refractivity (Wildman–Crippen MR) is 185 cm³/mol. The van der Waals surface area contributed by atoms with E-state index in [4.69, 9.17) is 33.6 Å². The topological polar surface area (TPSA) is 188 Å². The summed E-state index contributed by atoms with van der Waals surface area (Å²) in [7, 11) is 0. The Bertz CT molecular complexity index is 1850. The minimum atomic E-state index is -1.41. The molecule has 1 spiro atoms. The summed E-state index contributed by atoms with van der Waals surface area (Å²) >= 11 is 0. The second-order valence-corrected chi connectivity index (χ2v) is 15.5. The number of hydrogen-bond acceptors (Lipinski definition) is 13. The van der Waals surface area contributed by atoms with E-state index in [2.05, 4.69) is 10.6 Å². The van der Waals surface area contributed by atoms with E-state index in [9.17, 15) is 24.0 Å². The summed E-state index contributed by atoms with van der Waals surface area (Å²) in [5.74, 6) is -3.64. The SMILES string of the molecule is CC1(C)COC(=O)[C@@H]1OC(=O)C=Cc1ccc(CN2O[C@@H]3[C@H]4OC5(Cc6ccccc6C5)O[C@H]4[C@H]4C[C@]3(C(=O)NCCC(=O)NCCO)[C@@H]2C(=O)O4)cc1. The van der Waals surface area contributed by atoms with Crippen LogP contribution in [-0.4, -0.2) is 109 Å². The summed E-state index contributed by atoms with van der Waals surface area (Å²) in [4.78, 5) is 71.7. The van der Waals surface area contributed by atoms with Crippen molar-refractivity contribution in [2.75, 3.05) is 26.3 Å². The third-order valence-corrected chi connectivity index (χ3v) is 11.3. The summed E-state index contributed by atoms with van der Waals surface area (Å²) in [5.41, 5.74) is 1.60. The monoisotopic (exact) mass is 745 g/mol. The lowest BCUT2D eigenvalue weighted by Gasteiger charge is -2.48. The molecular weight excluding hydrogens is 702 g/mol. The van der Waals surface area contributed by atoms with Crippen LogP contribution in [0.15, 0.2) is 54.6 Å². The number of aliphatic hydroxyl groups excluding tert-OH is 1. The van der Waals surface area contributed by atoms with E-state index in [1.165, 1.54) is 11.1 Å². The van der Waals surface area contributed by atoms with Crippen molar-refractivity contribution < 1.29 is 57.6 Å². The molecule has 1 saturated carbocycles. The first-order valence-corrected chi connectivity index (χ1v) is 18.3. The minimum Gasteiger partial charge on any atom is -0.462 e. The number of benzene rings is 2. The van der Waals surface area contributed by atoms with Crippen molar-refractivity contribution >= 4 is 35.8 Å². The van der Waals surface area contributed by atoms with Gasteiger partial charge in [-0.15, -0.1) is 0 Å². The molecule has 6 aliphatic rings. The van der Waals surface area contributed by atoms with Crippen LogP contribution >= 0.6 is 0 Å². The number of carbonyl (C=O) groups excluding carboxylic acids is 5. The highest BCUT2D eigenvalue weighted by Gasteiger charge is 2.76. The van der Waals surface area contributed by atoms with Crippen molar-refractivity contribution in [1.82, 2.24) is 15.7 Å². The molecule has 4 saturated heterocycles. The lowest BCUT2D eigenvalue weighted by molar-refractivity contribution is -0.217.